The molecule has 1 spiro atoms. The zero-order valence-electron chi connectivity index (χ0n) is 16.1. The van der Waals surface area contributed by atoms with E-state index in [1.165, 1.54) is 6.42 Å². The number of amides is 1. The third kappa shape index (κ3) is 4.22. The van der Waals surface area contributed by atoms with Crippen molar-refractivity contribution in [3.63, 3.8) is 0 Å². The SMILES string of the molecule is NNC(=O)c1ccc2c(c1)NC1(CCCCC1)C(NNCc1cccc(Cl)c1)=N2. The van der Waals surface area contributed by atoms with E-state index in [1.807, 2.05) is 36.4 Å². The number of nitrogen functional groups attached to an aromatic ring is 1. The molecule has 4 rings (SSSR count). The molecule has 7 nitrogen and oxygen atoms in total. The van der Waals surface area contributed by atoms with E-state index < -0.39 is 0 Å². The van der Waals surface area contributed by atoms with E-state index in [1.54, 1.807) is 6.07 Å². The van der Waals surface area contributed by atoms with Crippen LogP contribution in [0.25, 0.3) is 0 Å². The van der Waals surface area contributed by atoms with Crippen LogP contribution < -0.4 is 27.4 Å². The number of benzene rings is 2. The van der Waals surface area contributed by atoms with E-state index in [0.29, 0.717) is 12.1 Å². The van der Waals surface area contributed by atoms with Crippen molar-refractivity contribution in [2.75, 3.05) is 5.32 Å². The molecule has 1 heterocycles. The van der Waals surface area contributed by atoms with Gasteiger partial charge in [0.15, 0.2) is 0 Å². The fraction of sp³-hybridized carbons (Fsp3) is 0.333. The second-order valence-corrected chi connectivity index (χ2v) is 7.98. The summed E-state index contributed by atoms with van der Waals surface area (Å²) in [6.07, 6.45) is 5.42. The van der Waals surface area contributed by atoms with E-state index >= 15 is 0 Å². The molecule has 1 fully saturated rings. The van der Waals surface area contributed by atoms with E-state index in [2.05, 4.69) is 21.6 Å². The summed E-state index contributed by atoms with van der Waals surface area (Å²) in [5.41, 5.74) is 11.8. The maximum absolute atomic E-state index is 11.9. The molecule has 1 amide bonds. The minimum Gasteiger partial charge on any atom is -0.371 e. The number of aliphatic imine (C=N–C) groups is 1. The molecule has 2 aliphatic rings. The maximum atomic E-state index is 11.9. The summed E-state index contributed by atoms with van der Waals surface area (Å²) in [4.78, 5) is 16.8. The number of anilines is 1. The first-order chi connectivity index (χ1) is 14.1. The van der Waals surface area contributed by atoms with Gasteiger partial charge in [0.2, 0.25) is 0 Å². The summed E-state index contributed by atoms with van der Waals surface area (Å²) in [5.74, 6) is 5.84. The van der Waals surface area contributed by atoms with E-state index in [4.69, 9.17) is 22.4 Å². The third-order valence-corrected chi connectivity index (χ3v) is 5.78. The number of nitrogens with one attached hydrogen (secondary N) is 4. The molecule has 0 aromatic heterocycles. The largest absolute Gasteiger partial charge is 0.371 e. The number of carbonyl (C=O) groups excluding carboxylic acids is 1. The second kappa shape index (κ2) is 8.41. The quantitative estimate of drug-likeness (QED) is 0.301. The van der Waals surface area contributed by atoms with Gasteiger partial charge in [-0.1, -0.05) is 43.0 Å². The van der Waals surface area contributed by atoms with Crippen molar-refractivity contribution in [1.29, 1.82) is 0 Å². The normalized spacial score (nSPS) is 17.1. The van der Waals surface area contributed by atoms with Gasteiger partial charge in [0.05, 0.1) is 16.9 Å². The Morgan fingerprint density at radius 2 is 2.00 bits per heavy atom. The van der Waals surface area contributed by atoms with Crippen LogP contribution in [0, 0.1) is 0 Å². The molecule has 0 radical (unpaired) electrons. The molecule has 0 unspecified atom stereocenters. The van der Waals surface area contributed by atoms with Crippen molar-refractivity contribution >= 4 is 34.7 Å². The summed E-state index contributed by atoms with van der Waals surface area (Å²) in [6, 6.07) is 13.1. The lowest BCUT2D eigenvalue weighted by Crippen LogP contribution is -2.57. The lowest BCUT2D eigenvalue weighted by Gasteiger charge is -2.42. The van der Waals surface area contributed by atoms with Gasteiger partial charge in [0.25, 0.3) is 5.91 Å². The van der Waals surface area contributed by atoms with Crippen LogP contribution in [0.2, 0.25) is 5.02 Å². The van der Waals surface area contributed by atoms with Crippen LogP contribution in [0.1, 0.15) is 48.0 Å². The number of amidine groups is 1. The fourth-order valence-electron chi connectivity index (χ4n) is 4.04. The van der Waals surface area contributed by atoms with E-state index in [-0.39, 0.29) is 11.4 Å². The van der Waals surface area contributed by atoms with Crippen molar-refractivity contribution < 1.29 is 4.79 Å². The van der Waals surface area contributed by atoms with Crippen LogP contribution in [-0.2, 0) is 6.54 Å². The highest BCUT2D eigenvalue weighted by molar-refractivity contribution is 6.30. The molecule has 29 heavy (non-hydrogen) atoms. The molecule has 2 aromatic rings. The summed E-state index contributed by atoms with van der Waals surface area (Å²) < 4.78 is 0. The fourth-order valence-corrected chi connectivity index (χ4v) is 4.26. The van der Waals surface area contributed by atoms with Crippen molar-refractivity contribution in [2.45, 2.75) is 44.2 Å². The highest BCUT2D eigenvalue weighted by atomic mass is 35.5. The molecule has 2 aromatic carbocycles. The van der Waals surface area contributed by atoms with Crippen LogP contribution in [0.3, 0.4) is 0 Å². The zero-order valence-corrected chi connectivity index (χ0v) is 16.9. The molecule has 0 saturated heterocycles. The van der Waals surface area contributed by atoms with E-state index in [0.717, 1.165) is 53.5 Å². The molecular formula is C21H25ClN6O. The predicted octanol–water partition coefficient (Wildman–Crippen LogP) is 3.40. The molecule has 6 N–H and O–H groups in total. The number of carbonyl (C=O) groups is 1. The molecule has 0 bridgehead atoms. The maximum Gasteiger partial charge on any atom is 0.265 e. The number of nitrogens with zero attached hydrogens (tertiary/aromatic N) is 1. The van der Waals surface area contributed by atoms with Gasteiger partial charge in [-0.05, 0) is 48.7 Å². The van der Waals surface area contributed by atoms with Crippen LogP contribution >= 0.6 is 11.6 Å². The highest BCUT2D eigenvalue weighted by Gasteiger charge is 2.40. The van der Waals surface area contributed by atoms with Gasteiger partial charge >= 0.3 is 0 Å². The average Bonchev–Trinajstić information content (AvgIpc) is 2.74. The number of fused-ring (bicyclic) bond motifs is 1. The van der Waals surface area contributed by atoms with Gasteiger partial charge in [0.1, 0.15) is 5.84 Å². The number of hydrogen-bond acceptors (Lipinski definition) is 6. The zero-order chi connectivity index (χ0) is 20.3. The topological polar surface area (TPSA) is 104 Å². The second-order valence-electron chi connectivity index (χ2n) is 7.54. The first-order valence-corrected chi connectivity index (χ1v) is 10.2. The monoisotopic (exact) mass is 412 g/mol. The van der Waals surface area contributed by atoms with Gasteiger partial charge < -0.3 is 10.7 Å². The third-order valence-electron chi connectivity index (χ3n) is 5.54. The van der Waals surface area contributed by atoms with Crippen LogP contribution in [-0.4, -0.2) is 17.3 Å². The summed E-state index contributed by atoms with van der Waals surface area (Å²) in [6.45, 7) is 0.623. The molecule has 1 saturated carbocycles. The number of halogens is 1. The molecule has 0 atom stereocenters. The van der Waals surface area contributed by atoms with Gasteiger partial charge in [-0.15, -0.1) is 0 Å². The molecule has 1 aliphatic heterocycles. The van der Waals surface area contributed by atoms with Crippen molar-refractivity contribution in [1.82, 2.24) is 16.3 Å². The van der Waals surface area contributed by atoms with Crippen LogP contribution in [0.4, 0.5) is 11.4 Å². The average molecular weight is 413 g/mol. The van der Waals surface area contributed by atoms with E-state index in [9.17, 15) is 4.79 Å². The lowest BCUT2D eigenvalue weighted by atomic mass is 9.79. The molecule has 152 valence electrons. The summed E-state index contributed by atoms with van der Waals surface area (Å²) >= 11 is 6.07. The Balaban J connectivity index is 1.57. The van der Waals surface area contributed by atoms with Crippen LogP contribution in [0.15, 0.2) is 47.5 Å². The van der Waals surface area contributed by atoms with Crippen LogP contribution in [0.5, 0.6) is 0 Å². The Bertz CT molecular complexity index is 939. The van der Waals surface area contributed by atoms with Gasteiger partial charge in [-0.3, -0.25) is 10.2 Å². The van der Waals surface area contributed by atoms with Crippen molar-refractivity contribution in [2.24, 2.45) is 10.8 Å². The summed E-state index contributed by atoms with van der Waals surface area (Å²) in [5, 5.41) is 4.38. The summed E-state index contributed by atoms with van der Waals surface area (Å²) in [7, 11) is 0. The highest BCUT2D eigenvalue weighted by Crippen LogP contribution is 2.40. The predicted molar refractivity (Wildman–Crippen MR) is 116 cm³/mol. The Hall–Kier alpha value is -2.61. The Morgan fingerprint density at radius 1 is 1.17 bits per heavy atom. The molecular weight excluding hydrogens is 388 g/mol. The molecule has 8 heteroatoms. The number of rotatable bonds is 4. The minimum atomic E-state index is -0.316. The lowest BCUT2D eigenvalue weighted by molar-refractivity contribution is 0.0953. The van der Waals surface area contributed by atoms with Gasteiger partial charge in [-0.25, -0.2) is 16.3 Å². The smallest absolute Gasteiger partial charge is 0.265 e. The number of nitrogens with two attached hydrogens (primary N) is 1. The first-order valence-electron chi connectivity index (χ1n) is 9.85. The van der Waals surface area contributed by atoms with Crippen molar-refractivity contribution in [3.8, 4) is 0 Å². The Morgan fingerprint density at radius 3 is 2.76 bits per heavy atom. The molecule has 1 aliphatic carbocycles. The Kier molecular flexibility index (Phi) is 5.71. The van der Waals surface area contributed by atoms with Gasteiger partial charge in [-0.2, -0.15) is 0 Å². The Labute approximate surface area is 175 Å². The number of hydrogen-bond donors (Lipinski definition) is 5. The van der Waals surface area contributed by atoms with Gasteiger partial charge in [0, 0.05) is 17.1 Å². The number of hydrazine groups is 2. The minimum absolute atomic E-state index is 0.273. The first kappa shape index (κ1) is 19.7. The standard InChI is InChI=1S/C21H25ClN6O/c22-16-6-4-5-14(11-16)13-24-28-20-21(9-2-1-3-10-21)26-18-12-15(19(29)27-23)7-8-17(18)25-20/h4-8,11-12,24,26H,1-3,9-10,13,23H2,(H,25,28)(H,27,29). The van der Waals surface area contributed by atoms with Crippen molar-refractivity contribution in [3.05, 3.63) is 58.6 Å².